The van der Waals surface area contributed by atoms with Crippen molar-refractivity contribution in [1.82, 2.24) is 15.5 Å². The lowest BCUT2D eigenvalue weighted by Gasteiger charge is -2.37. The van der Waals surface area contributed by atoms with Crippen molar-refractivity contribution in [1.29, 1.82) is 0 Å². The van der Waals surface area contributed by atoms with Crippen LogP contribution in [-0.2, 0) is 4.79 Å². The third-order valence-corrected chi connectivity index (χ3v) is 4.85. The largest absolute Gasteiger partial charge is 0.357 e. The maximum absolute atomic E-state index is 12.2. The summed E-state index contributed by atoms with van der Waals surface area (Å²) in [5, 5.41) is 6.49. The Balaban J connectivity index is 1.88. The smallest absolute Gasteiger partial charge is 0.242 e. The van der Waals surface area contributed by atoms with Crippen LogP contribution in [0.2, 0.25) is 0 Å². The highest BCUT2D eigenvalue weighted by atomic mass is 16.1. The van der Waals surface area contributed by atoms with Crippen LogP contribution in [-0.4, -0.2) is 49.0 Å². The first kappa shape index (κ1) is 18.1. The molecule has 23 heavy (non-hydrogen) atoms. The van der Waals surface area contributed by atoms with E-state index in [9.17, 15) is 4.79 Å². The Morgan fingerprint density at radius 2 is 1.78 bits per heavy atom. The average molecular weight is 322 g/mol. The molecule has 1 heterocycles. The molecule has 1 saturated heterocycles. The zero-order chi connectivity index (χ0) is 16.7. The molecule has 2 rings (SSSR count). The summed E-state index contributed by atoms with van der Waals surface area (Å²) in [7, 11) is 0. The van der Waals surface area contributed by atoms with Gasteiger partial charge >= 0.3 is 0 Å². The molecule has 0 aromatic heterocycles. The van der Waals surface area contributed by atoms with Crippen LogP contribution < -0.4 is 10.6 Å². The third-order valence-electron chi connectivity index (χ3n) is 4.85. The minimum absolute atomic E-state index is 0.0606. The lowest BCUT2D eigenvalue weighted by atomic mass is 9.92. The van der Waals surface area contributed by atoms with E-state index in [1.54, 1.807) is 0 Å². The van der Waals surface area contributed by atoms with Gasteiger partial charge in [-0.2, -0.15) is 0 Å². The number of carbonyl (C=O) groups is 1. The number of hydrogen-bond donors (Lipinski definition) is 2. The van der Waals surface area contributed by atoms with Crippen LogP contribution in [0.15, 0.2) is 4.99 Å². The van der Waals surface area contributed by atoms with Crippen LogP contribution in [0.3, 0.4) is 0 Å². The number of amides is 1. The Morgan fingerprint density at radius 3 is 2.39 bits per heavy atom. The maximum Gasteiger partial charge on any atom is 0.242 e. The van der Waals surface area contributed by atoms with E-state index >= 15 is 0 Å². The number of nitrogens with one attached hydrogen (secondary N) is 2. The molecule has 2 fully saturated rings. The van der Waals surface area contributed by atoms with Crippen molar-refractivity contribution in [2.45, 2.75) is 65.3 Å². The van der Waals surface area contributed by atoms with Crippen molar-refractivity contribution in [3.05, 3.63) is 0 Å². The molecule has 2 aliphatic rings. The predicted molar refractivity (Wildman–Crippen MR) is 95.5 cm³/mol. The number of aliphatic imine (C=N–C) groups is 1. The van der Waals surface area contributed by atoms with Crippen LogP contribution in [0, 0.1) is 11.8 Å². The van der Waals surface area contributed by atoms with E-state index in [1.807, 2.05) is 0 Å². The van der Waals surface area contributed by atoms with Gasteiger partial charge in [0.1, 0.15) is 6.54 Å². The fraction of sp³-hybridized carbons (Fsp3) is 0.889. The second-order valence-electron chi connectivity index (χ2n) is 7.42. The second kappa shape index (κ2) is 9.14. The number of rotatable bonds is 4. The van der Waals surface area contributed by atoms with E-state index in [1.165, 1.54) is 25.7 Å². The molecule has 1 aliphatic heterocycles. The Morgan fingerprint density at radius 1 is 1.13 bits per heavy atom. The molecule has 0 bridgehead atoms. The van der Waals surface area contributed by atoms with Crippen molar-refractivity contribution in [3.8, 4) is 0 Å². The number of piperidine rings is 1. The van der Waals surface area contributed by atoms with Gasteiger partial charge < -0.3 is 15.5 Å². The van der Waals surface area contributed by atoms with E-state index in [-0.39, 0.29) is 12.5 Å². The standard InChI is InChI=1S/C18H34N4O/c1-4-19-18(22-12-14(2)10-15(3)13-22)20-11-17(23)21-16-8-6-5-7-9-16/h14-16H,4-13H2,1-3H3,(H,19,20)(H,21,23). The van der Waals surface area contributed by atoms with Gasteiger partial charge in [0.05, 0.1) is 0 Å². The van der Waals surface area contributed by atoms with E-state index in [4.69, 9.17) is 0 Å². The number of likely N-dealkylation sites (tertiary alicyclic amines) is 1. The summed E-state index contributed by atoms with van der Waals surface area (Å²) in [4.78, 5) is 19.1. The molecular weight excluding hydrogens is 288 g/mol. The maximum atomic E-state index is 12.2. The van der Waals surface area contributed by atoms with Gasteiger partial charge in [0.15, 0.2) is 5.96 Å². The van der Waals surface area contributed by atoms with Gasteiger partial charge in [0.2, 0.25) is 5.91 Å². The SMILES string of the molecule is CCNC(=NCC(=O)NC1CCCCC1)N1CC(C)CC(C)C1. The van der Waals surface area contributed by atoms with Crippen LogP contribution >= 0.6 is 0 Å². The quantitative estimate of drug-likeness (QED) is 0.617. The molecule has 2 atom stereocenters. The van der Waals surface area contributed by atoms with Crippen molar-refractivity contribution < 1.29 is 4.79 Å². The first-order chi connectivity index (χ1) is 11.1. The van der Waals surface area contributed by atoms with E-state index in [0.29, 0.717) is 17.9 Å². The molecule has 2 N–H and O–H groups in total. The molecule has 2 unspecified atom stereocenters. The Bertz CT molecular complexity index is 394. The number of hydrogen-bond acceptors (Lipinski definition) is 2. The summed E-state index contributed by atoms with van der Waals surface area (Å²) in [6.07, 6.45) is 7.30. The molecule has 0 aromatic rings. The minimum Gasteiger partial charge on any atom is -0.357 e. The first-order valence-corrected chi connectivity index (χ1v) is 9.41. The monoisotopic (exact) mass is 322 g/mol. The number of nitrogens with zero attached hydrogens (tertiary/aromatic N) is 2. The van der Waals surface area contributed by atoms with Crippen LogP contribution in [0.5, 0.6) is 0 Å². The van der Waals surface area contributed by atoms with Gasteiger partial charge in [-0.3, -0.25) is 4.79 Å². The molecule has 132 valence electrons. The van der Waals surface area contributed by atoms with Gasteiger partial charge in [-0.25, -0.2) is 4.99 Å². The summed E-state index contributed by atoms with van der Waals surface area (Å²) in [6, 6.07) is 0.365. The second-order valence-corrected chi connectivity index (χ2v) is 7.42. The highest BCUT2D eigenvalue weighted by Crippen LogP contribution is 2.21. The average Bonchev–Trinajstić information content (AvgIpc) is 2.51. The number of carbonyl (C=O) groups excluding carboxylic acids is 1. The van der Waals surface area contributed by atoms with Gasteiger partial charge in [0.25, 0.3) is 0 Å². The summed E-state index contributed by atoms with van der Waals surface area (Å²) in [5.74, 6) is 2.31. The summed E-state index contributed by atoms with van der Waals surface area (Å²) in [6.45, 7) is 9.79. The zero-order valence-corrected chi connectivity index (χ0v) is 15.1. The fourth-order valence-corrected chi connectivity index (χ4v) is 3.93. The van der Waals surface area contributed by atoms with Crippen molar-refractivity contribution in [2.24, 2.45) is 16.8 Å². The number of guanidine groups is 1. The molecule has 1 aliphatic carbocycles. The van der Waals surface area contributed by atoms with E-state index in [2.05, 4.69) is 41.3 Å². The van der Waals surface area contributed by atoms with Gasteiger partial charge in [-0.15, -0.1) is 0 Å². The van der Waals surface area contributed by atoms with Crippen molar-refractivity contribution >= 4 is 11.9 Å². The van der Waals surface area contributed by atoms with Crippen molar-refractivity contribution in [3.63, 3.8) is 0 Å². The van der Waals surface area contributed by atoms with Crippen LogP contribution in [0.4, 0.5) is 0 Å². The zero-order valence-electron chi connectivity index (χ0n) is 15.1. The fourth-order valence-electron chi connectivity index (χ4n) is 3.93. The topological polar surface area (TPSA) is 56.7 Å². The summed E-state index contributed by atoms with van der Waals surface area (Å²) in [5.41, 5.74) is 0. The van der Waals surface area contributed by atoms with Gasteiger partial charge in [-0.1, -0.05) is 33.1 Å². The molecule has 0 spiro atoms. The Hall–Kier alpha value is -1.26. The molecule has 0 aromatic carbocycles. The van der Waals surface area contributed by atoms with Crippen LogP contribution in [0.25, 0.3) is 0 Å². The third kappa shape index (κ3) is 6.04. The lowest BCUT2D eigenvalue weighted by Crippen LogP contribution is -2.49. The molecule has 5 heteroatoms. The van der Waals surface area contributed by atoms with Gasteiger partial charge in [0, 0.05) is 25.7 Å². The summed E-state index contributed by atoms with van der Waals surface area (Å²) < 4.78 is 0. The normalized spacial score (nSPS) is 26.9. The highest BCUT2D eigenvalue weighted by Gasteiger charge is 2.24. The van der Waals surface area contributed by atoms with Crippen LogP contribution in [0.1, 0.15) is 59.3 Å². The summed E-state index contributed by atoms with van der Waals surface area (Å²) >= 11 is 0. The van der Waals surface area contributed by atoms with E-state index in [0.717, 1.165) is 38.4 Å². The Labute approximate surface area is 141 Å². The van der Waals surface area contributed by atoms with Crippen molar-refractivity contribution in [2.75, 3.05) is 26.2 Å². The highest BCUT2D eigenvalue weighted by molar-refractivity contribution is 5.85. The lowest BCUT2D eigenvalue weighted by molar-refractivity contribution is -0.120. The Kier molecular flexibility index (Phi) is 7.18. The molecule has 0 radical (unpaired) electrons. The van der Waals surface area contributed by atoms with Gasteiger partial charge in [-0.05, 0) is 38.0 Å². The predicted octanol–water partition coefficient (Wildman–Crippen LogP) is 2.38. The molecule has 1 amide bonds. The minimum atomic E-state index is 0.0606. The molecule has 5 nitrogen and oxygen atoms in total. The first-order valence-electron chi connectivity index (χ1n) is 9.41. The van der Waals surface area contributed by atoms with E-state index < -0.39 is 0 Å². The molecular formula is C18H34N4O. The molecule has 1 saturated carbocycles.